The topological polar surface area (TPSA) is 115 Å². The number of ether oxygens (including phenoxy) is 1. The molecule has 29 heavy (non-hydrogen) atoms. The third-order valence-corrected chi connectivity index (χ3v) is 6.26. The monoisotopic (exact) mass is 421 g/mol. The molecule has 0 aliphatic carbocycles. The van der Waals surface area contributed by atoms with Gasteiger partial charge in [0.2, 0.25) is 15.9 Å². The van der Waals surface area contributed by atoms with E-state index in [1.165, 1.54) is 54.0 Å². The van der Waals surface area contributed by atoms with Crippen molar-refractivity contribution < 1.29 is 22.7 Å². The molecule has 1 N–H and O–H groups in total. The summed E-state index contributed by atoms with van der Waals surface area (Å²) in [7, 11) is -2.37. The first kappa shape index (κ1) is 22.3. The number of hydrogen-bond acceptors (Lipinski definition) is 6. The quantitative estimate of drug-likeness (QED) is 0.643. The number of carbonyl (C=O) groups is 2. The lowest BCUT2D eigenvalue weighted by Crippen LogP contribution is -2.30. The molecule has 0 atom stereocenters. The molecule has 1 heterocycles. The van der Waals surface area contributed by atoms with Crippen LogP contribution in [-0.4, -0.2) is 49.4 Å². The highest BCUT2D eigenvalue weighted by Crippen LogP contribution is 2.18. The van der Waals surface area contributed by atoms with Crippen LogP contribution < -0.4 is 10.9 Å². The Labute approximate surface area is 169 Å². The summed E-state index contributed by atoms with van der Waals surface area (Å²) < 4.78 is 32.0. The number of amides is 1. The van der Waals surface area contributed by atoms with E-state index in [-0.39, 0.29) is 17.0 Å². The van der Waals surface area contributed by atoms with E-state index in [9.17, 15) is 22.8 Å². The molecule has 2 rings (SSSR count). The number of sulfonamides is 1. The highest BCUT2D eigenvalue weighted by molar-refractivity contribution is 7.89. The molecule has 10 heteroatoms. The van der Waals surface area contributed by atoms with Crippen molar-refractivity contribution in [2.75, 3.05) is 25.5 Å². The van der Waals surface area contributed by atoms with E-state index in [2.05, 4.69) is 10.1 Å². The Morgan fingerprint density at radius 2 is 1.69 bits per heavy atom. The van der Waals surface area contributed by atoms with Crippen molar-refractivity contribution in [3.63, 3.8) is 0 Å². The van der Waals surface area contributed by atoms with E-state index in [1.807, 2.05) is 0 Å². The first-order valence-corrected chi connectivity index (χ1v) is 10.4. The molecule has 0 bridgehead atoms. The largest absolute Gasteiger partial charge is 0.465 e. The zero-order valence-corrected chi connectivity index (χ0v) is 17.2. The van der Waals surface area contributed by atoms with Gasteiger partial charge in [-0.25, -0.2) is 13.2 Å². The van der Waals surface area contributed by atoms with Crippen LogP contribution in [-0.2, 0) is 26.1 Å². The van der Waals surface area contributed by atoms with Crippen molar-refractivity contribution in [1.29, 1.82) is 0 Å². The van der Waals surface area contributed by atoms with Gasteiger partial charge in [-0.3, -0.25) is 9.59 Å². The summed E-state index contributed by atoms with van der Waals surface area (Å²) in [5, 5.41) is 2.59. The lowest BCUT2D eigenvalue weighted by Gasteiger charge is -2.18. The van der Waals surface area contributed by atoms with Gasteiger partial charge in [-0.1, -0.05) is 13.8 Å². The third-order valence-electron chi connectivity index (χ3n) is 4.20. The van der Waals surface area contributed by atoms with Crippen LogP contribution in [0.1, 0.15) is 24.2 Å². The maximum atomic E-state index is 12.5. The van der Waals surface area contributed by atoms with Gasteiger partial charge in [0, 0.05) is 31.0 Å². The normalized spacial score (nSPS) is 11.3. The van der Waals surface area contributed by atoms with Crippen molar-refractivity contribution in [3.8, 4) is 0 Å². The number of nitrogens with one attached hydrogen (secondary N) is 1. The van der Waals surface area contributed by atoms with Crippen LogP contribution in [0.3, 0.4) is 0 Å². The summed E-state index contributed by atoms with van der Waals surface area (Å²) in [5.41, 5.74) is 0.0741. The van der Waals surface area contributed by atoms with E-state index in [1.54, 1.807) is 13.8 Å². The summed E-state index contributed by atoms with van der Waals surface area (Å²) in [6.07, 6.45) is 1.24. The second kappa shape index (κ2) is 9.48. The van der Waals surface area contributed by atoms with Crippen LogP contribution in [0.25, 0.3) is 0 Å². The average Bonchev–Trinajstić information content (AvgIpc) is 2.70. The van der Waals surface area contributed by atoms with Crippen LogP contribution in [0, 0.1) is 0 Å². The molecule has 0 spiro atoms. The molecule has 0 unspecified atom stereocenters. The fourth-order valence-corrected chi connectivity index (χ4v) is 4.13. The SMILES string of the molecule is CCN(CC)S(=O)(=O)c1ccc(NC(=O)Cn2cc(C(=O)OC)ccc2=O)cc1. The van der Waals surface area contributed by atoms with Gasteiger partial charge in [0.25, 0.3) is 5.56 Å². The number of benzene rings is 1. The van der Waals surface area contributed by atoms with Crippen molar-refractivity contribution in [3.05, 3.63) is 58.5 Å². The number of rotatable bonds is 8. The van der Waals surface area contributed by atoms with Crippen molar-refractivity contribution in [2.45, 2.75) is 25.3 Å². The minimum Gasteiger partial charge on any atom is -0.465 e. The number of pyridine rings is 1. The number of methoxy groups -OCH3 is 1. The van der Waals surface area contributed by atoms with Crippen LogP contribution in [0.2, 0.25) is 0 Å². The Kier molecular flexibility index (Phi) is 7.29. The highest BCUT2D eigenvalue weighted by atomic mass is 32.2. The van der Waals surface area contributed by atoms with E-state index in [0.29, 0.717) is 18.8 Å². The third kappa shape index (κ3) is 5.30. The summed E-state index contributed by atoms with van der Waals surface area (Å²) in [4.78, 5) is 35.9. The molecule has 0 saturated heterocycles. The molecule has 156 valence electrons. The molecule has 0 saturated carbocycles. The second-order valence-electron chi connectivity index (χ2n) is 6.04. The van der Waals surface area contributed by atoms with E-state index in [0.717, 1.165) is 4.57 Å². The maximum Gasteiger partial charge on any atom is 0.339 e. The molecule has 1 aromatic carbocycles. The summed E-state index contributed by atoms with van der Waals surface area (Å²) >= 11 is 0. The minimum absolute atomic E-state index is 0.126. The van der Waals surface area contributed by atoms with Crippen LogP contribution in [0.4, 0.5) is 5.69 Å². The number of anilines is 1. The number of esters is 1. The molecule has 1 aromatic heterocycles. The fourth-order valence-electron chi connectivity index (χ4n) is 2.67. The van der Waals surface area contributed by atoms with Gasteiger partial charge in [-0.15, -0.1) is 0 Å². The Balaban J connectivity index is 2.13. The van der Waals surface area contributed by atoms with Crippen LogP contribution in [0.15, 0.2) is 52.3 Å². The van der Waals surface area contributed by atoms with E-state index < -0.39 is 27.5 Å². The molecule has 0 aliphatic rings. The number of aromatic nitrogens is 1. The standard InChI is InChI=1S/C19H23N3O6S/c1-4-22(5-2)29(26,27)16-9-7-15(8-10-16)20-17(23)13-21-12-14(19(25)28-3)6-11-18(21)24/h6-12H,4-5,13H2,1-3H3,(H,20,23). The minimum atomic E-state index is -3.58. The van der Waals surface area contributed by atoms with Crippen LogP contribution in [0.5, 0.6) is 0 Å². The highest BCUT2D eigenvalue weighted by Gasteiger charge is 2.21. The Morgan fingerprint density at radius 1 is 1.07 bits per heavy atom. The molecular formula is C19H23N3O6S. The molecule has 0 aliphatic heterocycles. The van der Waals surface area contributed by atoms with Gasteiger partial charge in [0.05, 0.1) is 17.6 Å². The van der Waals surface area contributed by atoms with Crippen molar-refractivity contribution >= 4 is 27.6 Å². The smallest absolute Gasteiger partial charge is 0.339 e. The zero-order chi connectivity index (χ0) is 21.6. The van der Waals surface area contributed by atoms with Gasteiger partial charge < -0.3 is 14.6 Å². The summed E-state index contributed by atoms with van der Waals surface area (Å²) in [6, 6.07) is 8.26. The zero-order valence-electron chi connectivity index (χ0n) is 16.4. The first-order valence-electron chi connectivity index (χ1n) is 8.91. The average molecular weight is 421 g/mol. The predicted octanol–water partition coefficient (Wildman–Crippen LogP) is 1.30. The van der Waals surface area contributed by atoms with Crippen molar-refractivity contribution in [1.82, 2.24) is 8.87 Å². The van der Waals surface area contributed by atoms with Gasteiger partial charge in [-0.05, 0) is 30.3 Å². The number of carbonyl (C=O) groups excluding carboxylic acids is 2. The van der Waals surface area contributed by atoms with Gasteiger partial charge in [0.1, 0.15) is 6.54 Å². The Bertz CT molecular complexity index is 1040. The fraction of sp³-hybridized carbons (Fsp3) is 0.316. The summed E-state index contributed by atoms with van der Waals surface area (Å²) in [6.45, 7) is 3.91. The molecule has 2 aromatic rings. The molecule has 0 fully saturated rings. The maximum absolute atomic E-state index is 12.5. The second-order valence-corrected chi connectivity index (χ2v) is 7.98. The lowest BCUT2D eigenvalue weighted by atomic mass is 10.3. The summed E-state index contributed by atoms with van der Waals surface area (Å²) in [5.74, 6) is -1.13. The lowest BCUT2D eigenvalue weighted by molar-refractivity contribution is -0.116. The van der Waals surface area contributed by atoms with Gasteiger partial charge >= 0.3 is 5.97 Å². The molecule has 1 amide bonds. The van der Waals surface area contributed by atoms with Crippen molar-refractivity contribution in [2.24, 2.45) is 0 Å². The van der Waals surface area contributed by atoms with Gasteiger partial charge in [-0.2, -0.15) is 4.31 Å². The van der Waals surface area contributed by atoms with Crippen LogP contribution >= 0.6 is 0 Å². The van der Waals surface area contributed by atoms with E-state index in [4.69, 9.17) is 0 Å². The predicted molar refractivity (Wildman–Crippen MR) is 107 cm³/mol. The first-order chi connectivity index (χ1) is 13.7. The molecular weight excluding hydrogens is 398 g/mol. The number of nitrogens with zero attached hydrogens (tertiary/aromatic N) is 2. The molecule has 9 nitrogen and oxygen atoms in total. The Morgan fingerprint density at radius 3 is 2.24 bits per heavy atom. The number of hydrogen-bond donors (Lipinski definition) is 1. The van der Waals surface area contributed by atoms with E-state index >= 15 is 0 Å². The molecule has 0 radical (unpaired) electrons. The van der Waals surface area contributed by atoms with Gasteiger partial charge in [0.15, 0.2) is 0 Å². The Hall–Kier alpha value is -2.98.